The van der Waals surface area contributed by atoms with Gasteiger partial charge in [-0.3, -0.25) is 4.90 Å². The Balaban J connectivity index is 1.40. The van der Waals surface area contributed by atoms with Crippen LogP contribution >= 0.6 is 11.3 Å². The summed E-state index contributed by atoms with van der Waals surface area (Å²) in [5.74, 6) is 0.880. The Morgan fingerprint density at radius 3 is 2.71 bits per heavy atom. The first-order chi connectivity index (χ1) is 10.2. The van der Waals surface area contributed by atoms with Gasteiger partial charge in [0.2, 0.25) is 0 Å². The number of thiazole rings is 1. The van der Waals surface area contributed by atoms with Gasteiger partial charge in [-0.15, -0.1) is 11.3 Å². The van der Waals surface area contributed by atoms with Gasteiger partial charge in [0.25, 0.3) is 0 Å². The van der Waals surface area contributed by atoms with E-state index in [9.17, 15) is 0 Å². The van der Waals surface area contributed by atoms with Crippen molar-refractivity contribution >= 4 is 11.3 Å². The van der Waals surface area contributed by atoms with Crippen molar-refractivity contribution in [3.63, 3.8) is 0 Å². The fraction of sp³-hybridized carbons (Fsp3) is 0.812. The molecule has 1 saturated heterocycles. The Bertz CT molecular complexity index is 433. The van der Waals surface area contributed by atoms with E-state index in [1.54, 1.807) is 0 Å². The van der Waals surface area contributed by atoms with Crippen molar-refractivity contribution in [2.45, 2.75) is 44.8 Å². The van der Waals surface area contributed by atoms with E-state index in [-0.39, 0.29) is 0 Å². The molecular formula is C16H28N4S. The zero-order valence-electron chi connectivity index (χ0n) is 13.3. The molecule has 0 unspecified atom stereocenters. The Morgan fingerprint density at radius 1 is 1.29 bits per heavy atom. The van der Waals surface area contributed by atoms with Crippen molar-refractivity contribution in [2.75, 3.05) is 33.7 Å². The van der Waals surface area contributed by atoms with E-state index in [4.69, 9.17) is 4.98 Å². The molecule has 0 amide bonds. The summed E-state index contributed by atoms with van der Waals surface area (Å²) < 4.78 is 0. The third-order valence-corrected chi connectivity index (χ3v) is 5.33. The van der Waals surface area contributed by atoms with Gasteiger partial charge >= 0.3 is 0 Å². The van der Waals surface area contributed by atoms with Gasteiger partial charge in [0.05, 0.1) is 5.69 Å². The molecule has 2 fully saturated rings. The first-order valence-electron chi connectivity index (χ1n) is 8.23. The quantitative estimate of drug-likeness (QED) is 0.836. The molecular weight excluding hydrogens is 280 g/mol. The predicted octanol–water partition coefficient (Wildman–Crippen LogP) is 2.17. The Kier molecular flexibility index (Phi) is 5.27. The molecule has 0 radical (unpaired) electrons. The van der Waals surface area contributed by atoms with Gasteiger partial charge in [0.15, 0.2) is 0 Å². The molecule has 1 aliphatic carbocycles. The number of rotatable bonds is 7. The molecule has 4 nitrogen and oxygen atoms in total. The van der Waals surface area contributed by atoms with Crippen LogP contribution in [0.1, 0.15) is 36.4 Å². The van der Waals surface area contributed by atoms with E-state index in [1.165, 1.54) is 56.0 Å². The van der Waals surface area contributed by atoms with Crippen LogP contribution in [-0.2, 0) is 13.1 Å². The molecule has 118 valence electrons. The number of hydrogen-bond acceptors (Lipinski definition) is 5. The van der Waals surface area contributed by atoms with Gasteiger partial charge in [0, 0.05) is 31.1 Å². The second-order valence-corrected chi connectivity index (χ2v) is 7.81. The van der Waals surface area contributed by atoms with Gasteiger partial charge in [-0.05, 0) is 58.8 Å². The number of hydrogen-bond donors (Lipinski definition) is 1. The van der Waals surface area contributed by atoms with Crippen LogP contribution in [0.25, 0.3) is 0 Å². The van der Waals surface area contributed by atoms with Gasteiger partial charge in [0.1, 0.15) is 5.01 Å². The molecule has 0 spiro atoms. The molecule has 1 saturated carbocycles. The second-order valence-electron chi connectivity index (χ2n) is 6.87. The molecule has 1 aliphatic heterocycles. The van der Waals surface area contributed by atoms with Crippen LogP contribution < -0.4 is 5.32 Å². The number of nitrogens with zero attached hydrogens (tertiary/aromatic N) is 3. The summed E-state index contributed by atoms with van der Waals surface area (Å²) in [6.45, 7) is 5.69. The van der Waals surface area contributed by atoms with Gasteiger partial charge < -0.3 is 10.2 Å². The van der Waals surface area contributed by atoms with Crippen molar-refractivity contribution in [1.82, 2.24) is 20.1 Å². The van der Waals surface area contributed by atoms with Gasteiger partial charge in [-0.2, -0.15) is 0 Å². The maximum absolute atomic E-state index is 4.78. The summed E-state index contributed by atoms with van der Waals surface area (Å²) in [6, 6.07) is 0.771. The minimum atomic E-state index is 0.771. The molecule has 3 rings (SSSR count). The molecule has 2 aliphatic rings. The van der Waals surface area contributed by atoms with E-state index in [2.05, 4.69) is 34.6 Å². The summed E-state index contributed by atoms with van der Waals surface area (Å²) >= 11 is 1.81. The van der Waals surface area contributed by atoms with E-state index in [0.29, 0.717) is 0 Å². The number of aromatic nitrogens is 1. The minimum Gasteiger partial charge on any atom is -0.309 e. The number of nitrogens with one attached hydrogen (secondary N) is 1. The lowest BCUT2D eigenvalue weighted by molar-refractivity contribution is 0.155. The van der Waals surface area contributed by atoms with E-state index >= 15 is 0 Å². The largest absolute Gasteiger partial charge is 0.309 e. The molecule has 0 aromatic carbocycles. The summed E-state index contributed by atoms with van der Waals surface area (Å²) in [7, 11) is 4.36. The SMILES string of the molecule is CN(C)CC1CCN(Cc2csc(CNC3CC3)n2)CC1. The molecule has 1 aromatic heterocycles. The standard InChI is InChI=1S/C16H28N4S/c1-19(2)10-13-5-7-20(8-6-13)11-15-12-21-16(18-15)9-17-14-3-4-14/h12-14,17H,3-11H2,1-2H3. The molecule has 5 heteroatoms. The first kappa shape index (κ1) is 15.4. The monoisotopic (exact) mass is 308 g/mol. The lowest BCUT2D eigenvalue weighted by Gasteiger charge is -2.32. The molecule has 1 aromatic rings. The van der Waals surface area contributed by atoms with Crippen molar-refractivity contribution in [1.29, 1.82) is 0 Å². The average Bonchev–Trinajstić information content (AvgIpc) is 3.18. The summed E-state index contributed by atoms with van der Waals surface area (Å²) in [5.41, 5.74) is 1.26. The smallest absolute Gasteiger partial charge is 0.107 e. The van der Waals surface area contributed by atoms with Crippen LogP contribution in [0.3, 0.4) is 0 Å². The van der Waals surface area contributed by atoms with E-state index in [0.717, 1.165) is 25.0 Å². The van der Waals surface area contributed by atoms with Crippen molar-refractivity contribution < 1.29 is 0 Å². The van der Waals surface area contributed by atoms with E-state index < -0.39 is 0 Å². The summed E-state index contributed by atoms with van der Waals surface area (Å²) in [6.07, 6.45) is 5.36. The Labute approximate surface area is 132 Å². The molecule has 0 atom stereocenters. The highest BCUT2D eigenvalue weighted by Crippen LogP contribution is 2.22. The lowest BCUT2D eigenvalue weighted by atomic mass is 9.96. The third kappa shape index (κ3) is 5.02. The summed E-state index contributed by atoms with van der Waals surface area (Å²) in [5, 5.41) is 7.04. The fourth-order valence-electron chi connectivity index (χ4n) is 3.09. The molecule has 2 heterocycles. The zero-order valence-corrected chi connectivity index (χ0v) is 14.2. The predicted molar refractivity (Wildman–Crippen MR) is 88.5 cm³/mol. The van der Waals surface area contributed by atoms with Crippen molar-refractivity contribution in [3.05, 3.63) is 16.1 Å². The highest BCUT2D eigenvalue weighted by atomic mass is 32.1. The lowest BCUT2D eigenvalue weighted by Crippen LogP contribution is -2.36. The molecule has 1 N–H and O–H groups in total. The second kappa shape index (κ2) is 7.18. The van der Waals surface area contributed by atoms with Crippen LogP contribution in [0.4, 0.5) is 0 Å². The van der Waals surface area contributed by atoms with E-state index in [1.807, 2.05) is 11.3 Å². The highest BCUT2D eigenvalue weighted by molar-refractivity contribution is 7.09. The van der Waals surface area contributed by atoms with Crippen LogP contribution in [0.5, 0.6) is 0 Å². The Morgan fingerprint density at radius 2 is 2.05 bits per heavy atom. The topological polar surface area (TPSA) is 31.4 Å². The van der Waals surface area contributed by atoms with Gasteiger partial charge in [-0.25, -0.2) is 4.98 Å². The molecule has 21 heavy (non-hydrogen) atoms. The van der Waals surface area contributed by atoms with Crippen LogP contribution in [-0.4, -0.2) is 54.6 Å². The highest BCUT2D eigenvalue weighted by Gasteiger charge is 2.22. The number of likely N-dealkylation sites (tertiary alicyclic amines) is 1. The minimum absolute atomic E-state index is 0.771. The average molecular weight is 308 g/mol. The Hall–Kier alpha value is -0.490. The maximum atomic E-state index is 4.78. The zero-order chi connectivity index (χ0) is 14.7. The number of piperidine rings is 1. The normalized spacial score (nSPS) is 21.3. The van der Waals surface area contributed by atoms with Crippen LogP contribution in [0.2, 0.25) is 0 Å². The maximum Gasteiger partial charge on any atom is 0.107 e. The van der Waals surface area contributed by atoms with Crippen LogP contribution in [0.15, 0.2) is 5.38 Å². The van der Waals surface area contributed by atoms with Crippen molar-refractivity contribution in [3.8, 4) is 0 Å². The molecule has 0 bridgehead atoms. The van der Waals surface area contributed by atoms with Crippen LogP contribution in [0, 0.1) is 5.92 Å². The fourth-order valence-corrected chi connectivity index (χ4v) is 3.83. The summed E-state index contributed by atoms with van der Waals surface area (Å²) in [4.78, 5) is 9.67. The first-order valence-corrected chi connectivity index (χ1v) is 9.11. The van der Waals surface area contributed by atoms with Crippen molar-refractivity contribution in [2.24, 2.45) is 5.92 Å². The third-order valence-electron chi connectivity index (χ3n) is 4.43. The van der Waals surface area contributed by atoms with Gasteiger partial charge in [-0.1, -0.05) is 0 Å².